The predicted molar refractivity (Wildman–Crippen MR) is 140 cm³/mol. The Morgan fingerprint density at radius 2 is 1.67 bits per heavy atom. The Kier molecular flexibility index (Phi) is 6.25. The van der Waals surface area contributed by atoms with Crippen molar-refractivity contribution < 1.29 is 28.5 Å². The third-order valence-electron chi connectivity index (χ3n) is 7.07. The minimum Gasteiger partial charge on any atom is -0.394 e. The van der Waals surface area contributed by atoms with Crippen LogP contribution < -0.4 is 15.6 Å². The molecule has 14 heteroatoms. The summed E-state index contributed by atoms with van der Waals surface area (Å²) in [5.74, 6) is 0.0282. The molecule has 3 heterocycles. The molecule has 0 amide bonds. The van der Waals surface area contributed by atoms with Crippen LogP contribution in [0, 0.1) is 0 Å². The van der Waals surface area contributed by atoms with Crippen molar-refractivity contribution in [1.82, 2.24) is 24.2 Å². The fourth-order valence-corrected chi connectivity index (χ4v) is 6.07. The number of ether oxygens (including phenoxy) is 1. The van der Waals surface area contributed by atoms with Gasteiger partial charge in [-0.05, 0) is 22.3 Å². The van der Waals surface area contributed by atoms with Crippen molar-refractivity contribution in [2.24, 2.45) is 0 Å². The molecule has 1 saturated heterocycles. The van der Waals surface area contributed by atoms with Crippen LogP contribution in [0.5, 0.6) is 0 Å². The van der Waals surface area contributed by atoms with Crippen LogP contribution in [-0.2, 0) is 14.8 Å². The van der Waals surface area contributed by atoms with E-state index < -0.39 is 58.8 Å². The van der Waals surface area contributed by atoms with E-state index in [1.807, 2.05) is 48.5 Å². The number of hydrogen-bond donors (Lipinski definition) is 6. The van der Waals surface area contributed by atoms with E-state index in [-0.39, 0.29) is 17.1 Å². The third kappa shape index (κ3) is 4.40. The molecule has 1 fully saturated rings. The normalized spacial score (nSPS) is 26.4. The molecule has 0 radical (unpaired) electrons. The van der Waals surface area contributed by atoms with Gasteiger partial charge in [0.1, 0.15) is 18.3 Å². The summed E-state index contributed by atoms with van der Waals surface area (Å²) in [6.45, 7) is -0.514. The first-order valence-corrected chi connectivity index (χ1v) is 14.1. The number of aromatic nitrogens is 4. The second-order valence-electron chi connectivity index (χ2n) is 9.63. The molecule has 6 atom stereocenters. The molecule has 0 unspecified atom stereocenters. The summed E-state index contributed by atoms with van der Waals surface area (Å²) in [6.07, 6.45) is -2.58. The van der Waals surface area contributed by atoms with Gasteiger partial charge in [0.15, 0.2) is 17.4 Å². The number of aliphatic hydroxyl groups is 3. The Morgan fingerprint density at radius 1 is 1.03 bits per heavy atom. The number of nitrogens with zero attached hydrogens (tertiary/aromatic N) is 3. The number of benzene rings is 2. The molecular weight excluding hydrogens is 528 g/mol. The number of aromatic amines is 1. The lowest BCUT2D eigenvalue weighted by molar-refractivity contribution is -0.0511. The van der Waals surface area contributed by atoms with Crippen LogP contribution in [0.25, 0.3) is 22.3 Å². The minimum absolute atomic E-state index is 0.0282. The van der Waals surface area contributed by atoms with Crippen molar-refractivity contribution in [3.63, 3.8) is 0 Å². The lowest BCUT2D eigenvalue weighted by Gasteiger charge is -2.36. The molecule has 6 N–H and O–H groups in total. The second kappa shape index (κ2) is 9.51. The highest BCUT2D eigenvalue weighted by atomic mass is 32.2. The van der Waals surface area contributed by atoms with E-state index in [0.29, 0.717) is 0 Å². The van der Waals surface area contributed by atoms with Gasteiger partial charge in [-0.25, -0.2) is 18.1 Å². The fourth-order valence-electron chi connectivity index (χ4n) is 5.35. The van der Waals surface area contributed by atoms with Crippen LogP contribution in [0.15, 0.2) is 59.7 Å². The Morgan fingerprint density at radius 3 is 2.28 bits per heavy atom. The maximum Gasteiger partial charge on any atom is 0.280 e. The van der Waals surface area contributed by atoms with E-state index in [2.05, 4.69) is 25.0 Å². The van der Waals surface area contributed by atoms with Gasteiger partial charge < -0.3 is 25.4 Å². The van der Waals surface area contributed by atoms with Gasteiger partial charge in [0, 0.05) is 0 Å². The fraction of sp³-hybridized carbons (Fsp3) is 0.320. The number of nitrogens with one attached hydrogen (secondary N) is 3. The van der Waals surface area contributed by atoms with E-state index in [9.17, 15) is 28.5 Å². The molecule has 4 aromatic rings. The lowest BCUT2D eigenvalue weighted by atomic mass is 9.79. The van der Waals surface area contributed by atoms with Gasteiger partial charge in [0.25, 0.3) is 5.56 Å². The van der Waals surface area contributed by atoms with E-state index in [4.69, 9.17) is 4.74 Å². The smallest absolute Gasteiger partial charge is 0.280 e. The molecule has 6 rings (SSSR count). The summed E-state index contributed by atoms with van der Waals surface area (Å²) in [4.78, 5) is 24.2. The van der Waals surface area contributed by atoms with Gasteiger partial charge in [-0.1, -0.05) is 48.5 Å². The molecule has 1 aliphatic carbocycles. The zero-order chi connectivity index (χ0) is 27.5. The molecule has 2 aliphatic rings. The number of rotatable bonds is 6. The van der Waals surface area contributed by atoms with Crippen molar-refractivity contribution in [2.75, 3.05) is 18.2 Å². The molecule has 2 aromatic heterocycles. The Bertz CT molecular complexity index is 1720. The summed E-state index contributed by atoms with van der Waals surface area (Å²) in [6, 6.07) is 13.6. The molecular formula is C25H26N6O7S. The van der Waals surface area contributed by atoms with E-state index >= 15 is 0 Å². The number of aliphatic hydroxyl groups excluding tert-OH is 3. The quantitative estimate of drug-likeness (QED) is 0.191. The van der Waals surface area contributed by atoms with Crippen molar-refractivity contribution in [2.45, 2.75) is 36.6 Å². The van der Waals surface area contributed by atoms with Crippen LogP contribution in [0.3, 0.4) is 0 Å². The molecule has 0 saturated carbocycles. The van der Waals surface area contributed by atoms with Gasteiger partial charge in [-0.2, -0.15) is 4.98 Å². The van der Waals surface area contributed by atoms with Crippen LogP contribution in [0.1, 0.15) is 29.4 Å². The van der Waals surface area contributed by atoms with Gasteiger partial charge in [0.05, 0.1) is 31.3 Å². The average molecular weight is 555 g/mol. The zero-order valence-electron chi connectivity index (χ0n) is 20.6. The van der Waals surface area contributed by atoms with Crippen LogP contribution in [-0.4, -0.2) is 74.4 Å². The molecule has 13 nitrogen and oxygen atoms in total. The maximum absolute atomic E-state index is 13.0. The summed E-state index contributed by atoms with van der Waals surface area (Å²) >= 11 is 0. The van der Waals surface area contributed by atoms with E-state index in [1.165, 1.54) is 10.9 Å². The van der Waals surface area contributed by atoms with Crippen LogP contribution in [0.2, 0.25) is 0 Å². The molecule has 0 bridgehead atoms. The van der Waals surface area contributed by atoms with Crippen LogP contribution in [0.4, 0.5) is 5.95 Å². The highest BCUT2D eigenvalue weighted by molar-refractivity contribution is 7.88. The summed E-state index contributed by atoms with van der Waals surface area (Å²) < 4.78 is 34.5. The highest BCUT2D eigenvalue weighted by Gasteiger charge is 2.44. The lowest BCUT2D eigenvalue weighted by Crippen LogP contribution is -2.37. The Labute approximate surface area is 222 Å². The summed E-state index contributed by atoms with van der Waals surface area (Å²) in [5.41, 5.74) is 2.77. The molecule has 2 aromatic carbocycles. The first kappa shape index (κ1) is 25.6. The summed E-state index contributed by atoms with van der Waals surface area (Å²) in [5, 5.41) is 33.4. The number of fused-ring (bicyclic) bond motifs is 4. The van der Waals surface area contributed by atoms with Crippen molar-refractivity contribution in [3.05, 3.63) is 76.3 Å². The second-order valence-corrected chi connectivity index (χ2v) is 11.4. The zero-order valence-corrected chi connectivity index (χ0v) is 21.4. The first-order chi connectivity index (χ1) is 18.7. The SMILES string of the molecule is CS(=O)(=O)N[C@H]1c2ccccc2-c2ccccc2[C@@H]1Nc1nc2c(ncn2[C@@H]2O[C@H](CO)[C@@H](O)[C@H]2O)c(=O)[nH]1. The summed E-state index contributed by atoms with van der Waals surface area (Å²) in [7, 11) is -3.65. The third-order valence-corrected chi connectivity index (χ3v) is 7.75. The van der Waals surface area contributed by atoms with Crippen molar-refractivity contribution >= 4 is 27.1 Å². The van der Waals surface area contributed by atoms with Gasteiger partial charge in [-0.3, -0.25) is 14.3 Å². The predicted octanol–water partition coefficient (Wildman–Crippen LogP) is 0.155. The van der Waals surface area contributed by atoms with Crippen LogP contribution >= 0.6 is 0 Å². The standard InChI is InChI=1S/C25H26N6O7S/c1-39(36,37)30-18-15-9-5-3-7-13(15)12-6-2-4-8-14(12)17(18)27-25-28-22-19(23(35)29-25)26-11-31(22)24-21(34)20(33)16(10-32)38-24/h2-9,11,16-18,20-21,24,30,32-34H,10H2,1H3,(H2,27,28,29,35)/t16-,17+,18+,20-,21-,24-/m1/s1. The largest absolute Gasteiger partial charge is 0.394 e. The Balaban J connectivity index is 1.45. The number of H-pyrrole nitrogens is 1. The van der Waals surface area contributed by atoms with E-state index in [0.717, 1.165) is 28.5 Å². The maximum atomic E-state index is 13.0. The number of anilines is 1. The van der Waals surface area contributed by atoms with Gasteiger partial charge >= 0.3 is 0 Å². The first-order valence-electron chi connectivity index (χ1n) is 12.2. The monoisotopic (exact) mass is 554 g/mol. The molecule has 39 heavy (non-hydrogen) atoms. The highest BCUT2D eigenvalue weighted by Crippen LogP contribution is 2.45. The average Bonchev–Trinajstić information content (AvgIpc) is 3.46. The van der Waals surface area contributed by atoms with E-state index in [1.54, 1.807) is 0 Å². The molecule has 0 spiro atoms. The minimum atomic E-state index is -3.65. The number of imidazole rings is 1. The number of hydrogen-bond acceptors (Lipinski definition) is 10. The Hall–Kier alpha value is -3.66. The number of sulfonamides is 1. The van der Waals surface area contributed by atoms with Gasteiger partial charge in [-0.15, -0.1) is 0 Å². The van der Waals surface area contributed by atoms with Crippen molar-refractivity contribution in [3.8, 4) is 11.1 Å². The molecule has 1 aliphatic heterocycles. The topological polar surface area (TPSA) is 192 Å². The molecule has 204 valence electrons. The van der Waals surface area contributed by atoms with Crippen molar-refractivity contribution in [1.29, 1.82) is 0 Å². The van der Waals surface area contributed by atoms with Gasteiger partial charge in [0.2, 0.25) is 16.0 Å².